The van der Waals surface area contributed by atoms with Gasteiger partial charge in [0.05, 0.1) is 5.69 Å². The van der Waals surface area contributed by atoms with Crippen LogP contribution in [0.3, 0.4) is 0 Å². The molecule has 0 amide bonds. The van der Waals surface area contributed by atoms with Crippen molar-refractivity contribution >= 4 is 40.2 Å². The van der Waals surface area contributed by atoms with Gasteiger partial charge in [-0.2, -0.15) is 0 Å². The molecular formula is C40H46BNO. The third-order valence-electron chi connectivity index (χ3n) is 10.2. The van der Waals surface area contributed by atoms with Gasteiger partial charge in [-0.3, -0.25) is 0 Å². The van der Waals surface area contributed by atoms with Crippen LogP contribution in [0.15, 0.2) is 60.7 Å². The topological polar surface area (TPSA) is 12.5 Å². The molecule has 3 heterocycles. The molecule has 0 bridgehead atoms. The Kier molecular flexibility index (Phi) is 5.66. The van der Waals surface area contributed by atoms with Crippen LogP contribution in [0.1, 0.15) is 110 Å². The Morgan fingerprint density at radius 3 is 1.84 bits per heavy atom. The molecule has 220 valence electrons. The van der Waals surface area contributed by atoms with Crippen molar-refractivity contribution < 1.29 is 4.74 Å². The maximum absolute atomic E-state index is 6.79. The first-order valence-electron chi connectivity index (χ1n) is 16.0. The second kappa shape index (κ2) is 8.59. The zero-order valence-corrected chi connectivity index (χ0v) is 28.2. The van der Waals surface area contributed by atoms with Crippen molar-refractivity contribution in [2.75, 3.05) is 4.90 Å². The lowest BCUT2D eigenvalue weighted by Gasteiger charge is -2.49. The van der Waals surface area contributed by atoms with Gasteiger partial charge in [0.2, 0.25) is 0 Å². The van der Waals surface area contributed by atoms with Crippen LogP contribution in [0, 0.1) is 6.92 Å². The molecule has 7 rings (SSSR count). The van der Waals surface area contributed by atoms with Crippen molar-refractivity contribution in [2.45, 2.75) is 105 Å². The minimum Gasteiger partial charge on any atom is -0.458 e. The van der Waals surface area contributed by atoms with Crippen molar-refractivity contribution in [3.05, 3.63) is 94.0 Å². The van der Waals surface area contributed by atoms with Gasteiger partial charge in [0, 0.05) is 16.8 Å². The zero-order valence-electron chi connectivity index (χ0n) is 28.2. The molecular weight excluding hydrogens is 521 g/mol. The Hall–Kier alpha value is -3.46. The zero-order chi connectivity index (χ0) is 31.0. The van der Waals surface area contributed by atoms with Crippen molar-refractivity contribution in [2.24, 2.45) is 0 Å². The van der Waals surface area contributed by atoms with E-state index in [1.165, 1.54) is 66.8 Å². The standard InChI is InChI=1S/C40H46BNO/c1-23-17-32-35-34(18-23)43-33-16-14-25(38(5,6)7)21-29(33)41(35)30-22-26(39(8,9)10)20-28-36(30)42(32)31-15-13-24(37(2,3)4)19-27(31)40(28,11)12/h13-22H,1-12H3. The lowest BCUT2D eigenvalue weighted by atomic mass is 9.33. The predicted molar refractivity (Wildman–Crippen MR) is 185 cm³/mol. The van der Waals surface area contributed by atoms with Crippen LogP contribution in [0.25, 0.3) is 0 Å². The highest BCUT2D eigenvalue weighted by Crippen LogP contribution is 2.54. The third kappa shape index (κ3) is 4.06. The van der Waals surface area contributed by atoms with Gasteiger partial charge in [0.25, 0.3) is 6.71 Å². The maximum Gasteiger partial charge on any atom is 0.256 e. The molecule has 0 aromatic heterocycles. The highest BCUT2D eigenvalue weighted by atomic mass is 16.5. The van der Waals surface area contributed by atoms with Crippen LogP contribution in [-0.2, 0) is 21.7 Å². The number of hydrogen-bond acceptors (Lipinski definition) is 2. The fraction of sp³-hybridized carbons (Fsp3) is 0.400. The molecule has 3 heteroatoms. The smallest absolute Gasteiger partial charge is 0.256 e. The van der Waals surface area contributed by atoms with E-state index in [1.54, 1.807) is 0 Å². The molecule has 3 aliphatic rings. The fourth-order valence-electron chi connectivity index (χ4n) is 7.49. The summed E-state index contributed by atoms with van der Waals surface area (Å²) < 4.78 is 6.79. The van der Waals surface area contributed by atoms with Gasteiger partial charge in [-0.05, 0) is 97.2 Å². The average Bonchev–Trinajstić information content (AvgIpc) is 2.89. The van der Waals surface area contributed by atoms with Gasteiger partial charge < -0.3 is 9.64 Å². The summed E-state index contributed by atoms with van der Waals surface area (Å²) in [6, 6.07) is 23.8. The number of rotatable bonds is 0. The summed E-state index contributed by atoms with van der Waals surface area (Å²) in [5, 5.41) is 0. The molecule has 0 fully saturated rings. The van der Waals surface area contributed by atoms with E-state index in [0.29, 0.717) is 0 Å². The van der Waals surface area contributed by atoms with Crippen LogP contribution in [0.5, 0.6) is 11.5 Å². The van der Waals surface area contributed by atoms with Gasteiger partial charge in [-0.25, -0.2) is 0 Å². The molecule has 4 aromatic rings. The van der Waals surface area contributed by atoms with Gasteiger partial charge in [-0.15, -0.1) is 0 Å². The van der Waals surface area contributed by atoms with Crippen LogP contribution >= 0.6 is 0 Å². The van der Waals surface area contributed by atoms with Crippen molar-refractivity contribution in [1.82, 2.24) is 0 Å². The quantitative estimate of drug-likeness (QED) is 0.170. The number of benzene rings is 4. The summed E-state index contributed by atoms with van der Waals surface area (Å²) in [5.74, 6) is 1.97. The SMILES string of the molecule is Cc1cc2c3c(c1)N1c4ccc(C(C)(C)C)cc4C(C)(C)c4cc(C(C)(C)C)cc(c41)B3c1cc(C(C)(C)C)ccc1O2. The first-order valence-corrected chi connectivity index (χ1v) is 16.0. The summed E-state index contributed by atoms with van der Waals surface area (Å²) in [5.41, 5.74) is 16.0. The monoisotopic (exact) mass is 567 g/mol. The third-order valence-corrected chi connectivity index (χ3v) is 10.2. The summed E-state index contributed by atoms with van der Waals surface area (Å²) in [7, 11) is 0. The van der Waals surface area contributed by atoms with E-state index in [-0.39, 0.29) is 28.4 Å². The Morgan fingerprint density at radius 1 is 0.605 bits per heavy atom. The molecule has 0 spiro atoms. The minimum atomic E-state index is -0.163. The first-order chi connectivity index (χ1) is 19.9. The molecule has 0 aliphatic carbocycles. The van der Waals surface area contributed by atoms with E-state index in [1.807, 2.05) is 0 Å². The molecule has 43 heavy (non-hydrogen) atoms. The molecule has 0 unspecified atom stereocenters. The number of hydrogen-bond donors (Lipinski definition) is 0. The molecule has 0 atom stereocenters. The number of fused-ring (bicyclic) bond motifs is 6. The lowest BCUT2D eigenvalue weighted by molar-refractivity contribution is 0.486. The molecule has 0 radical (unpaired) electrons. The predicted octanol–water partition coefficient (Wildman–Crippen LogP) is 8.93. The Labute approximate surface area is 259 Å². The van der Waals surface area contributed by atoms with E-state index in [4.69, 9.17) is 4.74 Å². The highest BCUT2D eigenvalue weighted by molar-refractivity contribution is 6.99. The first kappa shape index (κ1) is 28.3. The number of ether oxygens (including phenoxy) is 1. The summed E-state index contributed by atoms with van der Waals surface area (Å²) in [4.78, 5) is 2.58. The molecule has 3 aliphatic heterocycles. The van der Waals surface area contributed by atoms with Crippen LogP contribution in [-0.4, -0.2) is 6.71 Å². The molecule has 4 aromatic carbocycles. The van der Waals surface area contributed by atoms with Gasteiger partial charge in [-0.1, -0.05) is 113 Å². The minimum absolute atomic E-state index is 0.0115. The largest absolute Gasteiger partial charge is 0.458 e. The van der Waals surface area contributed by atoms with E-state index >= 15 is 0 Å². The van der Waals surface area contributed by atoms with E-state index < -0.39 is 0 Å². The van der Waals surface area contributed by atoms with Crippen LogP contribution < -0.4 is 26.0 Å². The van der Waals surface area contributed by atoms with Crippen molar-refractivity contribution in [3.63, 3.8) is 0 Å². The number of aryl methyl sites for hydroxylation is 1. The summed E-state index contributed by atoms with van der Waals surface area (Å²) in [6.45, 7) is 28.1. The van der Waals surface area contributed by atoms with Crippen molar-refractivity contribution in [3.8, 4) is 11.5 Å². The van der Waals surface area contributed by atoms with Crippen LogP contribution in [0.4, 0.5) is 17.1 Å². The fourth-order valence-corrected chi connectivity index (χ4v) is 7.49. The normalized spacial score (nSPS) is 16.2. The Morgan fingerprint density at radius 2 is 1.19 bits per heavy atom. The second-order valence-corrected chi connectivity index (χ2v) is 16.9. The lowest BCUT2D eigenvalue weighted by Crippen LogP contribution is -2.61. The van der Waals surface area contributed by atoms with Gasteiger partial charge in [0.1, 0.15) is 11.5 Å². The van der Waals surface area contributed by atoms with Gasteiger partial charge >= 0.3 is 0 Å². The van der Waals surface area contributed by atoms with Crippen LogP contribution in [0.2, 0.25) is 0 Å². The molecule has 2 nitrogen and oxygen atoms in total. The number of anilines is 3. The highest BCUT2D eigenvalue weighted by Gasteiger charge is 2.48. The van der Waals surface area contributed by atoms with Gasteiger partial charge in [0.15, 0.2) is 0 Å². The maximum atomic E-state index is 6.79. The summed E-state index contributed by atoms with van der Waals surface area (Å²) in [6.07, 6.45) is 0. The molecule has 0 saturated carbocycles. The van der Waals surface area contributed by atoms with E-state index in [9.17, 15) is 0 Å². The Bertz CT molecular complexity index is 1840. The average molecular weight is 568 g/mol. The van der Waals surface area contributed by atoms with Crippen molar-refractivity contribution in [1.29, 1.82) is 0 Å². The second-order valence-electron chi connectivity index (χ2n) is 16.9. The Balaban J connectivity index is 1.62. The summed E-state index contributed by atoms with van der Waals surface area (Å²) >= 11 is 0. The molecule has 0 N–H and O–H groups in total. The van der Waals surface area contributed by atoms with E-state index in [2.05, 4.69) is 149 Å². The van der Waals surface area contributed by atoms with E-state index in [0.717, 1.165) is 11.5 Å². The molecule has 0 saturated heterocycles. The number of nitrogens with zero attached hydrogens (tertiary/aromatic N) is 1.